The minimum atomic E-state index is 0.116. The summed E-state index contributed by atoms with van der Waals surface area (Å²) in [6.45, 7) is 5.96. The molecule has 2 heterocycles. The fraction of sp³-hybridized carbons (Fsp3) is 0.625. The molecule has 2 aliphatic rings. The van der Waals surface area contributed by atoms with Gasteiger partial charge in [0.25, 0.3) is 5.91 Å². The van der Waals surface area contributed by atoms with Gasteiger partial charge in [-0.1, -0.05) is 20.3 Å². The standard InChI is InChI=1S/C16H24N4O/c1-10(2)14-6-13(7-15(18-14)19-17)16(21)20-8-11-4-3-5-12(11)9-20/h6-7,10-12H,3-5,8-9,17H2,1-2H3,(H,18,19). The number of carbonyl (C=O) groups is 1. The van der Waals surface area contributed by atoms with Gasteiger partial charge in [0, 0.05) is 24.3 Å². The number of anilines is 1. The van der Waals surface area contributed by atoms with Crippen LogP contribution in [0, 0.1) is 11.8 Å². The monoisotopic (exact) mass is 288 g/mol. The minimum absolute atomic E-state index is 0.116. The van der Waals surface area contributed by atoms with Gasteiger partial charge in [0.2, 0.25) is 0 Å². The molecule has 2 fully saturated rings. The molecule has 114 valence electrons. The van der Waals surface area contributed by atoms with Crippen molar-refractivity contribution in [1.29, 1.82) is 0 Å². The van der Waals surface area contributed by atoms with Crippen LogP contribution in [0.15, 0.2) is 12.1 Å². The van der Waals surface area contributed by atoms with Crippen LogP contribution >= 0.6 is 0 Å². The summed E-state index contributed by atoms with van der Waals surface area (Å²) < 4.78 is 0. The summed E-state index contributed by atoms with van der Waals surface area (Å²) >= 11 is 0. The van der Waals surface area contributed by atoms with Crippen LogP contribution in [0.4, 0.5) is 5.82 Å². The number of aromatic nitrogens is 1. The van der Waals surface area contributed by atoms with Gasteiger partial charge in [-0.15, -0.1) is 0 Å². The van der Waals surface area contributed by atoms with Gasteiger partial charge in [-0.05, 0) is 42.7 Å². The number of hydrogen-bond donors (Lipinski definition) is 2. The summed E-state index contributed by atoms with van der Waals surface area (Å²) in [7, 11) is 0. The first-order chi connectivity index (χ1) is 10.1. The van der Waals surface area contributed by atoms with Crippen LogP contribution in [-0.2, 0) is 0 Å². The molecule has 1 saturated carbocycles. The lowest BCUT2D eigenvalue weighted by atomic mass is 10.0. The Balaban J connectivity index is 1.82. The highest BCUT2D eigenvalue weighted by atomic mass is 16.2. The number of carbonyl (C=O) groups excluding carboxylic acids is 1. The third-order valence-corrected chi connectivity index (χ3v) is 4.85. The Bertz CT molecular complexity index is 531. The Morgan fingerprint density at radius 2 is 2.00 bits per heavy atom. The SMILES string of the molecule is CC(C)c1cc(C(=O)N2CC3CCCC3C2)cc(NN)n1. The summed E-state index contributed by atoms with van der Waals surface area (Å²) in [5, 5.41) is 0. The average molecular weight is 288 g/mol. The van der Waals surface area contributed by atoms with Crippen molar-refractivity contribution in [2.75, 3.05) is 18.5 Å². The van der Waals surface area contributed by atoms with Crippen molar-refractivity contribution in [3.8, 4) is 0 Å². The summed E-state index contributed by atoms with van der Waals surface area (Å²) in [6, 6.07) is 3.66. The Morgan fingerprint density at radius 3 is 2.57 bits per heavy atom. The number of nitrogens with zero attached hydrogens (tertiary/aromatic N) is 2. The zero-order chi connectivity index (χ0) is 15.0. The van der Waals surface area contributed by atoms with E-state index in [9.17, 15) is 4.79 Å². The third kappa shape index (κ3) is 2.75. The lowest BCUT2D eigenvalue weighted by molar-refractivity contribution is 0.0780. The van der Waals surface area contributed by atoms with Crippen molar-refractivity contribution in [1.82, 2.24) is 9.88 Å². The number of fused-ring (bicyclic) bond motifs is 1. The number of nitrogens with one attached hydrogen (secondary N) is 1. The Morgan fingerprint density at radius 1 is 1.33 bits per heavy atom. The lowest BCUT2D eigenvalue weighted by Crippen LogP contribution is -2.30. The van der Waals surface area contributed by atoms with Gasteiger partial charge in [0.15, 0.2) is 0 Å². The van der Waals surface area contributed by atoms with Gasteiger partial charge in [0.05, 0.1) is 0 Å². The van der Waals surface area contributed by atoms with E-state index in [1.165, 1.54) is 19.3 Å². The summed E-state index contributed by atoms with van der Waals surface area (Å²) in [4.78, 5) is 19.2. The smallest absolute Gasteiger partial charge is 0.254 e. The van der Waals surface area contributed by atoms with Gasteiger partial charge in [-0.2, -0.15) is 0 Å². The maximum atomic E-state index is 12.8. The highest BCUT2D eigenvalue weighted by Crippen LogP contribution is 2.38. The van der Waals surface area contributed by atoms with Crippen molar-refractivity contribution in [2.24, 2.45) is 17.7 Å². The van der Waals surface area contributed by atoms with Gasteiger partial charge in [0.1, 0.15) is 5.82 Å². The normalized spacial score (nSPS) is 24.5. The second-order valence-electron chi connectivity index (χ2n) is 6.63. The van der Waals surface area contributed by atoms with Gasteiger partial charge in [-0.25, -0.2) is 10.8 Å². The highest BCUT2D eigenvalue weighted by Gasteiger charge is 2.38. The molecule has 1 aromatic heterocycles. The predicted octanol–water partition coefficient (Wildman–Crippen LogP) is 2.36. The van der Waals surface area contributed by atoms with Crippen molar-refractivity contribution in [3.05, 3.63) is 23.4 Å². The van der Waals surface area contributed by atoms with Gasteiger partial charge < -0.3 is 10.3 Å². The van der Waals surface area contributed by atoms with E-state index < -0.39 is 0 Å². The number of nitrogens with two attached hydrogens (primary N) is 1. The number of hydrogen-bond acceptors (Lipinski definition) is 4. The molecule has 5 heteroatoms. The summed E-state index contributed by atoms with van der Waals surface area (Å²) in [5.41, 5.74) is 4.16. The molecule has 21 heavy (non-hydrogen) atoms. The Kier molecular flexibility index (Phi) is 3.85. The second-order valence-corrected chi connectivity index (χ2v) is 6.63. The molecular weight excluding hydrogens is 264 g/mol. The summed E-state index contributed by atoms with van der Waals surface area (Å²) in [6.07, 6.45) is 3.88. The fourth-order valence-corrected chi connectivity index (χ4v) is 3.63. The Labute approximate surface area is 125 Å². The van der Waals surface area contributed by atoms with E-state index in [0.717, 1.165) is 18.8 Å². The van der Waals surface area contributed by atoms with E-state index >= 15 is 0 Å². The predicted molar refractivity (Wildman–Crippen MR) is 82.9 cm³/mol. The molecule has 2 unspecified atom stereocenters. The Hall–Kier alpha value is -1.62. The van der Waals surface area contributed by atoms with Crippen LogP contribution in [0.25, 0.3) is 0 Å². The van der Waals surface area contributed by atoms with E-state index in [1.54, 1.807) is 6.07 Å². The minimum Gasteiger partial charge on any atom is -0.338 e. The molecular formula is C16H24N4O. The second kappa shape index (κ2) is 5.64. The van der Waals surface area contributed by atoms with Crippen LogP contribution in [0.1, 0.15) is 55.1 Å². The van der Waals surface area contributed by atoms with Crippen LogP contribution in [0.5, 0.6) is 0 Å². The zero-order valence-electron chi connectivity index (χ0n) is 12.8. The molecule has 3 N–H and O–H groups in total. The fourth-order valence-electron chi connectivity index (χ4n) is 3.63. The van der Waals surface area contributed by atoms with E-state index in [4.69, 9.17) is 5.84 Å². The number of hydrazine groups is 1. The molecule has 3 rings (SSSR count). The van der Waals surface area contributed by atoms with Crippen molar-refractivity contribution in [2.45, 2.75) is 39.0 Å². The zero-order valence-corrected chi connectivity index (χ0v) is 12.8. The van der Waals surface area contributed by atoms with Crippen molar-refractivity contribution in [3.63, 3.8) is 0 Å². The maximum Gasteiger partial charge on any atom is 0.254 e. The van der Waals surface area contributed by atoms with Crippen molar-refractivity contribution < 1.29 is 4.79 Å². The average Bonchev–Trinajstić information content (AvgIpc) is 3.07. The highest BCUT2D eigenvalue weighted by molar-refractivity contribution is 5.95. The summed E-state index contributed by atoms with van der Waals surface area (Å²) in [5.74, 6) is 7.85. The van der Waals surface area contributed by atoms with Gasteiger partial charge >= 0.3 is 0 Å². The molecule has 0 spiro atoms. The molecule has 1 amide bonds. The van der Waals surface area contributed by atoms with Crippen LogP contribution in [0.2, 0.25) is 0 Å². The number of rotatable bonds is 3. The van der Waals surface area contributed by atoms with E-state index in [2.05, 4.69) is 24.3 Å². The largest absolute Gasteiger partial charge is 0.338 e. The molecule has 5 nitrogen and oxygen atoms in total. The van der Waals surface area contributed by atoms with Gasteiger partial charge in [-0.3, -0.25) is 4.79 Å². The van der Waals surface area contributed by atoms with Crippen molar-refractivity contribution >= 4 is 11.7 Å². The number of pyridine rings is 1. The number of amides is 1. The topological polar surface area (TPSA) is 71.2 Å². The van der Waals surface area contributed by atoms with E-state index in [1.807, 2.05) is 11.0 Å². The van der Waals surface area contributed by atoms with E-state index in [0.29, 0.717) is 23.2 Å². The van der Waals surface area contributed by atoms with Crippen LogP contribution < -0.4 is 11.3 Å². The number of likely N-dealkylation sites (tertiary alicyclic amines) is 1. The first-order valence-electron chi connectivity index (χ1n) is 7.86. The molecule has 0 aromatic carbocycles. The first-order valence-corrected chi connectivity index (χ1v) is 7.86. The lowest BCUT2D eigenvalue weighted by Gasteiger charge is -2.18. The first kappa shape index (κ1) is 14.3. The van der Waals surface area contributed by atoms with E-state index in [-0.39, 0.29) is 11.8 Å². The third-order valence-electron chi connectivity index (χ3n) is 4.85. The number of nitrogen functional groups attached to an aromatic ring is 1. The maximum absolute atomic E-state index is 12.8. The van der Waals surface area contributed by atoms with Crippen LogP contribution in [0.3, 0.4) is 0 Å². The molecule has 0 bridgehead atoms. The molecule has 1 aliphatic heterocycles. The molecule has 1 aromatic rings. The molecule has 2 atom stereocenters. The molecule has 1 saturated heterocycles. The quantitative estimate of drug-likeness (QED) is 0.661. The molecule has 1 aliphatic carbocycles. The molecule has 0 radical (unpaired) electrons. The van der Waals surface area contributed by atoms with Crippen LogP contribution in [-0.4, -0.2) is 28.9 Å².